The summed E-state index contributed by atoms with van der Waals surface area (Å²) in [7, 11) is 0. The van der Waals surface area contributed by atoms with Gasteiger partial charge in [-0.2, -0.15) is 0 Å². The van der Waals surface area contributed by atoms with Crippen molar-refractivity contribution >= 4 is 28.5 Å². The monoisotopic (exact) mass is 502 g/mol. The molecule has 1 fully saturated rings. The predicted molar refractivity (Wildman–Crippen MR) is 141 cm³/mol. The highest BCUT2D eigenvalue weighted by Crippen LogP contribution is 2.32. The van der Waals surface area contributed by atoms with Crippen LogP contribution in [0.15, 0.2) is 78.4 Å². The number of piperidine rings is 1. The van der Waals surface area contributed by atoms with Crippen molar-refractivity contribution in [3.63, 3.8) is 0 Å². The van der Waals surface area contributed by atoms with E-state index in [9.17, 15) is 9.59 Å². The number of imidazole rings is 1. The SMILES string of the molecule is C=CC(=O)N1CCCC(Cn2c(=O)n(-c3ccc(Oc4cccc(C)c4)c(Cl)c3)c3cnccc32)C1. The maximum absolute atomic E-state index is 13.7. The maximum Gasteiger partial charge on any atom is 0.333 e. The lowest BCUT2D eigenvalue weighted by Crippen LogP contribution is -2.41. The topological polar surface area (TPSA) is 69.4 Å². The first-order chi connectivity index (χ1) is 17.4. The minimum absolute atomic E-state index is 0.0683. The van der Waals surface area contributed by atoms with Crippen LogP contribution in [0.5, 0.6) is 11.5 Å². The molecule has 2 aromatic heterocycles. The third-order valence-corrected chi connectivity index (χ3v) is 6.86. The zero-order chi connectivity index (χ0) is 25.2. The van der Waals surface area contributed by atoms with Crippen molar-refractivity contribution in [1.82, 2.24) is 19.0 Å². The number of hydrogen-bond donors (Lipinski definition) is 0. The predicted octanol–water partition coefficient (Wildman–Crippen LogP) is 5.37. The summed E-state index contributed by atoms with van der Waals surface area (Å²) in [6, 6.07) is 14.9. The smallest absolute Gasteiger partial charge is 0.333 e. The number of benzene rings is 2. The van der Waals surface area contributed by atoms with Crippen LogP contribution >= 0.6 is 11.6 Å². The summed E-state index contributed by atoms with van der Waals surface area (Å²) >= 11 is 6.59. The lowest BCUT2D eigenvalue weighted by atomic mass is 9.98. The highest BCUT2D eigenvalue weighted by Gasteiger charge is 2.25. The second-order valence-corrected chi connectivity index (χ2v) is 9.53. The molecule has 7 nitrogen and oxygen atoms in total. The molecule has 1 saturated heterocycles. The molecule has 0 bridgehead atoms. The van der Waals surface area contributed by atoms with Crippen molar-refractivity contribution in [2.45, 2.75) is 26.3 Å². The van der Waals surface area contributed by atoms with E-state index in [1.54, 1.807) is 38.6 Å². The van der Waals surface area contributed by atoms with Crippen molar-refractivity contribution in [2.75, 3.05) is 13.1 Å². The Morgan fingerprint density at radius 1 is 1.22 bits per heavy atom. The van der Waals surface area contributed by atoms with E-state index < -0.39 is 0 Å². The Balaban J connectivity index is 1.48. The zero-order valence-corrected chi connectivity index (χ0v) is 20.8. The number of carbonyl (C=O) groups excluding carboxylic acids is 1. The molecule has 0 aliphatic carbocycles. The quantitative estimate of drug-likeness (QED) is 0.332. The van der Waals surface area contributed by atoms with Crippen LogP contribution < -0.4 is 10.4 Å². The summed E-state index contributed by atoms with van der Waals surface area (Å²) in [5, 5.41) is 0.400. The number of amides is 1. The van der Waals surface area contributed by atoms with Crippen molar-refractivity contribution in [2.24, 2.45) is 5.92 Å². The van der Waals surface area contributed by atoms with Crippen LogP contribution in [0.25, 0.3) is 16.7 Å². The van der Waals surface area contributed by atoms with Gasteiger partial charge in [0.05, 0.1) is 27.9 Å². The molecule has 1 atom stereocenters. The number of aromatic nitrogens is 3. The van der Waals surface area contributed by atoms with Gasteiger partial charge in [0.25, 0.3) is 0 Å². The molecule has 5 rings (SSSR count). The molecule has 0 saturated carbocycles. The molecule has 184 valence electrons. The van der Waals surface area contributed by atoms with Gasteiger partial charge in [-0.15, -0.1) is 0 Å². The molecule has 2 aromatic carbocycles. The first kappa shape index (κ1) is 23.9. The fourth-order valence-corrected chi connectivity index (χ4v) is 5.06. The number of hydrogen-bond acceptors (Lipinski definition) is 4. The Morgan fingerprint density at radius 2 is 2.08 bits per heavy atom. The molecule has 4 aromatic rings. The van der Waals surface area contributed by atoms with Gasteiger partial charge >= 0.3 is 5.69 Å². The van der Waals surface area contributed by atoms with Crippen molar-refractivity contribution in [3.8, 4) is 17.2 Å². The molecule has 1 aliphatic heterocycles. The molecular weight excluding hydrogens is 476 g/mol. The van der Waals surface area contributed by atoms with Crippen LogP contribution in [-0.4, -0.2) is 38.0 Å². The lowest BCUT2D eigenvalue weighted by molar-refractivity contribution is -0.127. The maximum atomic E-state index is 13.7. The summed E-state index contributed by atoms with van der Waals surface area (Å²) in [6.45, 7) is 7.43. The van der Waals surface area contributed by atoms with Gasteiger partial charge in [-0.1, -0.05) is 30.3 Å². The largest absolute Gasteiger partial charge is 0.456 e. The normalized spacial score (nSPS) is 15.7. The minimum atomic E-state index is -0.173. The van der Waals surface area contributed by atoms with Gasteiger partial charge in [0, 0.05) is 25.8 Å². The van der Waals surface area contributed by atoms with Gasteiger partial charge in [-0.3, -0.25) is 18.9 Å². The minimum Gasteiger partial charge on any atom is -0.456 e. The molecule has 8 heteroatoms. The van der Waals surface area contributed by atoms with Crippen LogP contribution in [0.1, 0.15) is 18.4 Å². The number of fused-ring (bicyclic) bond motifs is 1. The Labute approximate surface area is 214 Å². The Bertz CT molecular complexity index is 1510. The van der Waals surface area contributed by atoms with E-state index in [4.69, 9.17) is 16.3 Å². The summed E-state index contributed by atoms with van der Waals surface area (Å²) in [5.74, 6) is 1.30. The summed E-state index contributed by atoms with van der Waals surface area (Å²) in [6.07, 6.45) is 6.57. The average molecular weight is 503 g/mol. The van der Waals surface area contributed by atoms with Gasteiger partial charge in [0.1, 0.15) is 11.5 Å². The Hall–Kier alpha value is -3.84. The van der Waals surface area contributed by atoms with Gasteiger partial charge < -0.3 is 9.64 Å². The molecule has 3 heterocycles. The second-order valence-electron chi connectivity index (χ2n) is 9.12. The highest BCUT2D eigenvalue weighted by atomic mass is 35.5. The van der Waals surface area contributed by atoms with E-state index in [1.807, 2.05) is 43.3 Å². The molecule has 0 spiro atoms. The zero-order valence-electron chi connectivity index (χ0n) is 20.1. The second kappa shape index (κ2) is 10.0. The van der Waals surface area contributed by atoms with Crippen LogP contribution in [0.3, 0.4) is 0 Å². The van der Waals surface area contributed by atoms with Crippen LogP contribution in [-0.2, 0) is 11.3 Å². The van der Waals surface area contributed by atoms with Crippen LogP contribution in [0.2, 0.25) is 5.02 Å². The molecular formula is C28H27ClN4O3. The fraction of sp³-hybridized carbons (Fsp3) is 0.250. The number of ether oxygens (including phenoxy) is 1. The first-order valence-electron chi connectivity index (χ1n) is 12.0. The number of halogens is 1. The summed E-state index contributed by atoms with van der Waals surface area (Å²) < 4.78 is 9.36. The van der Waals surface area contributed by atoms with Gasteiger partial charge in [-0.05, 0) is 73.7 Å². The number of nitrogens with zero attached hydrogens (tertiary/aromatic N) is 4. The highest BCUT2D eigenvalue weighted by molar-refractivity contribution is 6.32. The number of likely N-dealkylation sites (tertiary alicyclic amines) is 1. The number of pyridine rings is 1. The van der Waals surface area contributed by atoms with Crippen LogP contribution in [0.4, 0.5) is 0 Å². The van der Waals surface area contributed by atoms with Gasteiger partial charge in [0.15, 0.2) is 0 Å². The average Bonchev–Trinajstić information content (AvgIpc) is 3.16. The van der Waals surface area contributed by atoms with Gasteiger partial charge in [0.2, 0.25) is 5.91 Å². The number of rotatable bonds is 6. The third kappa shape index (κ3) is 4.66. The van der Waals surface area contributed by atoms with Crippen LogP contribution in [0, 0.1) is 12.8 Å². The fourth-order valence-electron chi connectivity index (χ4n) is 4.85. The lowest BCUT2D eigenvalue weighted by Gasteiger charge is -2.32. The molecule has 0 radical (unpaired) electrons. The first-order valence-corrected chi connectivity index (χ1v) is 12.3. The number of carbonyl (C=O) groups is 1. The van der Waals surface area contributed by atoms with E-state index >= 15 is 0 Å². The number of aryl methyl sites for hydroxylation is 1. The Morgan fingerprint density at radius 3 is 2.86 bits per heavy atom. The molecule has 36 heavy (non-hydrogen) atoms. The van der Waals surface area contributed by atoms with E-state index in [2.05, 4.69) is 11.6 Å². The summed E-state index contributed by atoms with van der Waals surface area (Å²) in [4.78, 5) is 31.9. The molecule has 0 N–H and O–H groups in total. The Kier molecular flexibility index (Phi) is 6.65. The summed E-state index contributed by atoms with van der Waals surface area (Å²) in [5.41, 5.74) is 3.03. The van der Waals surface area contributed by atoms with Crippen molar-refractivity contribution in [1.29, 1.82) is 0 Å². The van der Waals surface area contributed by atoms with E-state index in [-0.39, 0.29) is 17.5 Å². The molecule has 1 unspecified atom stereocenters. The van der Waals surface area contributed by atoms with Crippen molar-refractivity contribution in [3.05, 3.63) is 94.6 Å². The molecule has 1 amide bonds. The van der Waals surface area contributed by atoms with E-state index in [1.165, 1.54) is 6.08 Å². The van der Waals surface area contributed by atoms with E-state index in [0.717, 1.165) is 30.5 Å². The van der Waals surface area contributed by atoms with E-state index in [0.29, 0.717) is 40.8 Å². The van der Waals surface area contributed by atoms with Gasteiger partial charge in [-0.25, -0.2) is 4.79 Å². The third-order valence-electron chi connectivity index (χ3n) is 6.57. The van der Waals surface area contributed by atoms with Crippen molar-refractivity contribution < 1.29 is 9.53 Å². The molecule has 1 aliphatic rings. The standard InChI is InChI=1S/C28H27ClN4O3/c1-3-27(34)31-13-5-7-20(17-31)18-32-24-11-12-30-16-25(24)33(28(32)35)21-9-10-26(23(29)15-21)36-22-8-4-6-19(2)14-22/h3-4,6,8-12,14-16,20H,1,5,7,13,17-18H2,2H3.